The molecule has 1 heterocycles. The molecule has 1 aliphatic carbocycles. The number of amides is 1. The standard InChI is InChI=1S/C29H31NO7/c1-30(36-5)27(31)22-17-28(32)26-23(35-4)15-21(34-3)16-24(26)37-29(28,19-11-13-20(33-2)14-12-19)25(22)18-9-7-6-8-10-18/h6-16,22,25,32H,17H2,1-5H3/t22-,25+,28+,29-/m0/s1. The Hall–Kier alpha value is -3.75. The summed E-state index contributed by atoms with van der Waals surface area (Å²) in [5.74, 6) is 0.574. The molecular weight excluding hydrogens is 474 g/mol. The first-order valence-electron chi connectivity index (χ1n) is 12.0. The number of ether oxygens (including phenoxy) is 4. The van der Waals surface area contributed by atoms with Crippen LogP contribution in [0.2, 0.25) is 0 Å². The van der Waals surface area contributed by atoms with E-state index in [-0.39, 0.29) is 12.3 Å². The van der Waals surface area contributed by atoms with Crippen molar-refractivity contribution in [2.24, 2.45) is 5.92 Å². The van der Waals surface area contributed by atoms with Crippen LogP contribution in [0.5, 0.6) is 23.0 Å². The Kier molecular flexibility index (Phi) is 6.25. The van der Waals surface area contributed by atoms with Gasteiger partial charge in [-0.1, -0.05) is 42.5 Å². The number of nitrogens with zero attached hydrogens (tertiary/aromatic N) is 1. The van der Waals surface area contributed by atoms with Gasteiger partial charge in [-0.2, -0.15) is 0 Å². The number of rotatable bonds is 7. The van der Waals surface area contributed by atoms with E-state index >= 15 is 0 Å². The Balaban J connectivity index is 1.83. The number of methoxy groups -OCH3 is 3. The normalized spacial score (nSPS) is 25.6. The van der Waals surface area contributed by atoms with Crippen molar-refractivity contribution in [2.45, 2.75) is 23.5 Å². The molecule has 3 aromatic carbocycles. The Morgan fingerprint density at radius 1 is 0.946 bits per heavy atom. The fraction of sp³-hybridized carbons (Fsp3) is 0.345. The van der Waals surface area contributed by atoms with Gasteiger partial charge in [0.15, 0.2) is 5.60 Å². The second kappa shape index (κ2) is 9.28. The molecular formula is C29H31NO7. The lowest BCUT2D eigenvalue weighted by molar-refractivity contribution is -0.174. The minimum Gasteiger partial charge on any atom is -0.497 e. The summed E-state index contributed by atoms with van der Waals surface area (Å²) in [6.07, 6.45) is 0.0841. The Bertz CT molecular complexity index is 1300. The van der Waals surface area contributed by atoms with E-state index < -0.39 is 23.0 Å². The third kappa shape index (κ3) is 3.54. The zero-order valence-electron chi connectivity index (χ0n) is 21.6. The number of carbonyl (C=O) groups is 1. The van der Waals surface area contributed by atoms with E-state index in [9.17, 15) is 9.90 Å². The van der Waals surface area contributed by atoms with E-state index in [1.54, 1.807) is 33.4 Å². The molecule has 1 saturated carbocycles. The SMILES string of the molecule is COc1ccc([C@@]23Oc4cc(OC)cc(OC)c4[C@]2(O)C[C@H](C(=O)N(C)OC)[C@H]3c2ccccc2)cc1. The number of benzene rings is 3. The third-order valence-corrected chi connectivity index (χ3v) is 7.73. The largest absolute Gasteiger partial charge is 0.497 e. The molecule has 37 heavy (non-hydrogen) atoms. The van der Waals surface area contributed by atoms with Crippen molar-refractivity contribution >= 4 is 5.91 Å². The highest BCUT2D eigenvalue weighted by molar-refractivity contribution is 5.81. The van der Waals surface area contributed by atoms with Gasteiger partial charge in [-0.3, -0.25) is 9.63 Å². The second-order valence-corrected chi connectivity index (χ2v) is 9.35. The van der Waals surface area contributed by atoms with Gasteiger partial charge in [0.2, 0.25) is 5.91 Å². The first-order valence-corrected chi connectivity index (χ1v) is 12.0. The molecule has 8 heteroatoms. The lowest BCUT2D eigenvalue weighted by Gasteiger charge is -2.41. The quantitative estimate of drug-likeness (QED) is 0.486. The zero-order chi connectivity index (χ0) is 26.4. The van der Waals surface area contributed by atoms with Crippen molar-refractivity contribution in [1.29, 1.82) is 0 Å². The first-order chi connectivity index (χ1) is 17.8. The van der Waals surface area contributed by atoms with Crippen LogP contribution in [-0.4, -0.2) is 51.6 Å². The molecule has 0 saturated heterocycles. The van der Waals surface area contributed by atoms with Crippen molar-refractivity contribution in [3.05, 3.63) is 83.4 Å². The summed E-state index contributed by atoms with van der Waals surface area (Å²) in [4.78, 5) is 19.0. The van der Waals surface area contributed by atoms with Crippen molar-refractivity contribution < 1.29 is 33.7 Å². The molecule has 0 bridgehead atoms. The average Bonchev–Trinajstić information content (AvgIpc) is 3.35. The minimum atomic E-state index is -1.62. The number of carbonyl (C=O) groups excluding carboxylic acids is 1. The fourth-order valence-corrected chi connectivity index (χ4v) is 6.07. The number of hydroxylamine groups is 2. The molecule has 194 valence electrons. The van der Waals surface area contributed by atoms with Gasteiger partial charge >= 0.3 is 0 Å². The highest BCUT2D eigenvalue weighted by Crippen LogP contribution is 2.70. The summed E-state index contributed by atoms with van der Waals surface area (Å²) in [6.45, 7) is 0. The summed E-state index contributed by atoms with van der Waals surface area (Å²) >= 11 is 0. The van der Waals surface area contributed by atoms with Gasteiger partial charge in [-0.15, -0.1) is 0 Å². The van der Waals surface area contributed by atoms with Crippen LogP contribution in [0.1, 0.15) is 29.0 Å². The van der Waals surface area contributed by atoms with E-state index in [0.717, 1.165) is 5.56 Å². The molecule has 2 aliphatic rings. The molecule has 3 aromatic rings. The van der Waals surface area contributed by atoms with Gasteiger partial charge in [-0.25, -0.2) is 5.06 Å². The molecule has 1 fully saturated rings. The topological polar surface area (TPSA) is 86.7 Å². The molecule has 0 unspecified atom stereocenters. The van der Waals surface area contributed by atoms with Crippen LogP contribution in [0.3, 0.4) is 0 Å². The van der Waals surface area contributed by atoms with E-state index in [0.29, 0.717) is 34.1 Å². The van der Waals surface area contributed by atoms with Crippen LogP contribution in [0, 0.1) is 5.92 Å². The minimum absolute atomic E-state index is 0.0841. The highest BCUT2D eigenvalue weighted by atomic mass is 16.7. The summed E-state index contributed by atoms with van der Waals surface area (Å²) in [7, 11) is 7.72. The van der Waals surface area contributed by atoms with Crippen molar-refractivity contribution in [2.75, 3.05) is 35.5 Å². The van der Waals surface area contributed by atoms with Crippen LogP contribution in [0.25, 0.3) is 0 Å². The summed E-state index contributed by atoms with van der Waals surface area (Å²) in [6, 6.07) is 20.5. The number of fused-ring (bicyclic) bond motifs is 3. The molecule has 1 N–H and O–H groups in total. The molecule has 1 aliphatic heterocycles. The number of aliphatic hydroxyl groups is 1. The fourth-order valence-electron chi connectivity index (χ4n) is 6.07. The van der Waals surface area contributed by atoms with Gasteiger partial charge in [0.05, 0.1) is 39.9 Å². The van der Waals surface area contributed by atoms with Crippen molar-refractivity contribution in [1.82, 2.24) is 5.06 Å². The zero-order valence-corrected chi connectivity index (χ0v) is 21.6. The van der Waals surface area contributed by atoms with Crippen LogP contribution in [0.4, 0.5) is 0 Å². The number of hydrogen-bond acceptors (Lipinski definition) is 7. The van der Waals surface area contributed by atoms with E-state index in [1.165, 1.54) is 19.3 Å². The van der Waals surface area contributed by atoms with Crippen LogP contribution >= 0.6 is 0 Å². The van der Waals surface area contributed by atoms with Crippen LogP contribution in [0.15, 0.2) is 66.7 Å². The van der Waals surface area contributed by atoms with Crippen LogP contribution in [-0.2, 0) is 20.8 Å². The van der Waals surface area contributed by atoms with E-state index in [1.807, 2.05) is 54.6 Å². The van der Waals surface area contributed by atoms with Gasteiger partial charge in [0.1, 0.15) is 28.6 Å². The Morgan fingerprint density at radius 3 is 2.22 bits per heavy atom. The second-order valence-electron chi connectivity index (χ2n) is 9.35. The number of hydrogen-bond donors (Lipinski definition) is 1. The molecule has 0 spiro atoms. The molecule has 5 rings (SSSR count). The summed E-state index contributed by atoms with van der Waals surface area (Å²) < 4.78 is 23.5. The smallest absolute Gasteiger partial charge is 0.249 e. The summed E-state index contributed by atoms with van der Waals surface area (Å²) in [5, 5.41) is 14.0. The Labute approximate surface area is 216 Å². The predicted octanol–water partition coefficient (Wildman–Crippen LogP) is 4.01. The average molecular weight is 506 g/mol. The van der Waals surface area contributed by atoms with Gasteiger partial charge < -0.3 is 24.1 Å². The van der Waals surface area contributed by atoms with Crippen molar-refractivity contribution in [3.63, 3.8) is 0 Å². The maximum Gasteiger partial charge on any atom is 0.249 e. The summed E-state index contributed by atoms with van der Waals surface area (Å²) in [5.41, 5.74) is -0.933. The molecule has 4 atom stereocenters. The predicted molar refractivity (Wildman–Crippen MR) is 136 cm³/mol. The lowest BCUT2D eigenvalue weighted by Crippen LogP contribution is -2.48. The lowest BCUT2D eigenvalue weighted by atomic mass is 9.70. The van der Waals surface area contributed by atoms with Crippen LogP contribution < -0.4 is 18.9 Å². The van der Waals surface area contributed by atoms with Gasteiger partial charge in [0, 0.05) is 25.1 Å². The maximum atomic E-state index is 13.7. The van der Waals surface area contributed by atoms with Gasteiger partial charge in [0.25, 0.3) is 0 Å². The maximum absolute atomic E-state index is 13.7. The highest BCUT2D eigenvalue weighted by Gasteiger charge is 2.73. The molecule has 0 radical (unpaired) electrons. The van der Waals surface area contributed by atoms with E-state index in [4.69, 9.17) is 23.8 Å². The Morgan fingerprint density at radius 2 is 1.62 bits per heavy atom. The van der Waals surface area contributed by atoms with E-state index in [2.05, 4.69) is 0 Å². The first kappa shape index (κ1) is 24.9. The molecule has 0 aromatic heterocycles. The monoisotopic (exact) mass is 505 g/mol. The molecule has 1 amide bonds. The van der Waals surface area contributed by atoms with Gasteiger partial charge in [-0.05, 0) is 29.7 Å². The van der Waals surface area contributed by atoms with Crippen molar-refractivity contribution in [3.8, 4) is 23.0 Å². The molecule has 8 nitrogen and oxygen atoms in total. The third-order valence-electron chi connectivity index (χ3n) is 7.73.